The van der Waals surface area contributed by atoms with Crippen LogP contribution in [0.15, 0.2) is 18.2 Å². The second-order valence-corrected chi connectivity index (χ2v) is 5.58. The van der Waals surface area contributed by atoms with E-state index in [1.165, 1.54) is 6.42 Å². The first-order chi connectivity index (χ1) is 8.66. The summed E-state index contributed by atoms with van der Waals surface area (Å²) < 4.78 is 5.62. The summed E-state index contributed by atoms with van der Waals surface area (Å²) in [6.45, 7) is 0.815. The van der Waals surface area contributed by atoms with Gasteiger partial charge in [0.15, 0.2) is 0 Å². The fourth-order valence-electron chi connectivity index (χ4n) is 2.34. The second-order valence-electron chi connectivity index (χ2n) is 4.80. The van der Waals surface area contributed by atoms with Gasteiger partial charge in [0.1, 0.15) is 0 Å². The molecule has 2 rings (SSSR count). The van der Waals surface area contributed by atoms with Gasteiger partial charge in [0.05, 0.1) is 22.3 Å². The molecule has 18 heavy (non-hydrogen) atoms. The average Bonchev–Trinajstić information content (AvgIpc) is 2.36. The van der Waals surface area contributed by atoms with Crippen molar-refractivity contribution in [1.29, 1.82) is 0 Å². The highest BCUT2D eigenvalue weighted by Gasteiger charge is 2.19. The third kappa shape index (κ3) is 3.86. The van der Waals surface area contributed by atoms with Crippen LogP contribution in [0.3, 0.4) is 0 Å². The van der Waals surface area contributed by atoms with E-state index in [4.69, 9.17) is 27.9 Å². The molecule has 1 aromatic carbocycles. The van der Waals surface area contributed by atoms with E-state index in [1.807, 2.05) is 12.1 Å². The summed E-state index contributed by atoms with van der Waals surface area (Å²) >= 11 is 12.1. The van der Waals surface area contributed by atoms with Crippen LogP contribution in [0.2, 0.25) is 10.0 Å². The molecule has 0 saturated carbocycles. The molecule has 0 radical (unpaired) electrons. The van der Waals surface area contributed by atoms with Crippen molar-refractivity contribution in [3.8, 4) is 0 Å². The molecule has 1 aliphatic heterocycles. The van der Waals surface area contributed by atoms with Gasteiger partial charge in [0, 0.05) is 6.61 Å². The number of aliphatic hydroxyl groups excluding tert-OH is 1. The summed E-state index contributed by atoms with van der Waals surface area (Å²) in [4.78, 5) is 0. The van der Waals surface area contributed by atoms with Gasteiger partial charge in [0.2, 0.25) is 0 Å². The van der Waals surface area contributed by atoms with E-state index < -0.39 is 6.10 Å². The first kappa shape index (κ1) is 14.1. The largest absolute Gasteiger partial charge is 0.393 e. The van der Waals surface area contributed by atoms with Crippen LogP contribution in [0, 0.1) is 0 Å². The van der Waals surface area contributed by atoms with Crippen molar-refractivity contribution in [2.45, 2.75) is 44.3 Å². The van der Waals surface area contributed by atoms with E-state index in [0.29, 0.717) is 22.9 Å². The number of hydrogen-bond donors (Lipinski definition) is 1. The Labute approximate surface area is 118 Å². The van der Waals surface area contributed by atoms with E-state index in [-0.39, 0.29) is 6.10 Å². The van der Waals surface area contributed by atoms with E-state index in [0.717, 1.165) is 25.0 Å². The number of benzene rings is 1. The lowest BCUT2D eigenvalue weighted by Gasteiger charge is -2.25. The number of halogens is 2. The Morgan fingerprint density at radius 2 is 2.17 bits per heavy atom. The van der Waals surface area contributed by atoms with Gasteiger partial charge in [-0.05, 0) is 43.7 Å². The molecular formula is C14H18Cl2O2. The maximum atomic E-state index is 10.1. The lowest BCUT2D eigenvalue weighted by Crippen LogP contribution is -2.25. The molecule has 0 amide bonds. The molecule has 2 nitrogen and oxygen atoms in total. The van der Waals surface area contributed by atoms with E-state index in [2.05, 4.69) is 0 Å². The van der Waals surface area contributed by atoms with Crippen molar-refractivity contribution in [3.63, 3.8) is 0 Å². The zero-order valence-corrected chi connectivity index (χ0v) is 11.8. The summed E-state index contributed by atoms with van der Waals surface area (Å²) in [5, 5.41) is 11.2. The van der Waals surface area contributed by atoms with Gasteiger partial charge in [-0.1, -0.05) is 35.3 Å². The van der Waals surface area contributed by atoms with Crippen molar-refractivity contribution in [1.82, 2.24) is 0 Å². The van der Waals surface area contributed by atoms with Gasteiger partial charge in [0.25, 0.3) is 0 Å². The van der Waals surface area contributed by atoms with Gasteiger partial charge < -0.3 is 9.84 Å². The van der Waals surface area contributed by atoms with Crippen LogP contribution in [0.5, 0.6) is 0 Å². The molecule has 100 valence electrons. The maximum Gasteiger partial charge on any atom is 0.0625 e. The zero-order chi connectivity index (χ0) is 13.0. The molecule has 2 unspecified atom stereocenters. The van der Waals surface area contributed by atoms with Crippen LogP contribution in [0.1, 0.15) is 31.2 Å². The van der Waals surface area contributed by atoms with Gasteiger partial charge in [-0.25, -0.2) is 0 Å². The third-order valence-electron chi connectivity index (χ3n) is 3.30. The highest BCUT2D eigenvalue weighted by atomic mass is 35.5. The molecule has 0 bridgehead atoms. The molecule has 1 saturated heterocycles. The molecule has 0 aromatic heterocycles. The molecule has 1 aromatic rings. The van der Waals surface area contributed by atoms with Crippen molar-refractivity contribution in [2.24, 2.45) is 0 Å². The minimum absolute atomic E-state index is 0.187. The van der Waals surface area contributed by atoms with Crippen LogP contribution >= 0.6 is 23.2 Å². The predicted molar refractivity (Wildman–Crippen MR) is 74.4 cm³/mol. The normalized spacial score (nSPS) is 21.8. The number of hydrogen-bond acceptors (Lipinski definition) is 2. The maximum absolute atomic E-state index is 10.1. The van der Waals surface area contributed by atoms with E-state index in [9.17, 15) is 5.11 Å². The second kappa shape index (κ2) is 6.76. The lowest BCUT2D eigenvalue weighted by molar-refractivity contribution is -0.0147. The quantitative estimate of drug-likeness (QED) is 0.912. The predicted octanol–water partition coefficient (Wildman–Crippen LogP) is 3.86. The first-order valence-electron chi connectivity index (χ1n) is 6.39. The van der Waals surface area contributed by atoms with Crippen LogP contribution in [-0.2, 0) is 11.2 Å². The third-order valence-corrected chi connectivity index (χ3v) is 4.15. The monoisotopic (exact) mass is 288 g/mol. The van der Waals surface area contributed by atoms with Crippen LogP contribution in [0.25, 0.3) is 0 Å². The number of rotatable bonds is 4. The summed E-state index contributed by atoms with van der Waals surface area (Å²) in [5.74, 6) is 0. The molecule has 1 fully saturated rings. The zero-order valence-electron chi connectivity index (χ0n) is 10.2. The standard InChI is InChI=1S/C14H18Cl2O2/c15-13-6-3-4-10(14(13)16)8-11(17)9-12-5-1-2-7-18-12/h3-4,6,11-12,17H,1-2,5,7-9H2. The summed E-state index contributed by atoms with van der Waals surface area (Å²) in [5.41, 5.74) is 0.896. The van der Waals surface area contributed by atoms with Gasteiger partial charge in [-0.3, -0.25) is 0 Å². The highest BCUT2D eigenvalue weighted by molar-refractivity contribution is 6.42. The Kier molecular flexibility index (Phi) is 5.31. The SMILES string of the molecule is OC(Cc1cccc(Cl)c1Cl)CC1CCCCO1. The molecule has 1 heterocycles. The summed E-state index contributed by atoms with van der Waals surface area (Å²) in [6, 6.07) is 5.51. The Balaban J connectivity index is 1.90. The van der Waals surface area contributed by atoms with Crippen molar-refractivity contribution < 1.29 is 9.84 Å². The molecule has 1 aliphatic rings. The van der Waals surface area contributed by atoms with Gasteiger partial charge in [-0.2, -0.15) is 0 Å². The fourth-order valence-corrected chi connectivity index (χ4v) is 2.74. The number of aliphatic hydroxyl groups is 1. The van der Waals surface area contributed by atoms with Crippen LogP contribution < -0.4 is 0 Å². The Morgan fingerprint density at radius 3 is 2.89 bits per heavy atom. The lowest BCUT2D eigenvalue weighted by atomic mass is 9.99. The van der Waals surface area contributed by atoms with Crippen molar-refractivity contribution in [3.05, 3.63) is 33.8 Å². The van der Waals surface area contributed by atoms with Gasteiger partial charge in [-0.15, -0.1) is 0 Å². The van der Waals surface area contributed by atoms with Crippen LogP contribution in [-0.4, -0.2) is 23.9 Å². The summed E-state index contributed by atoms with van der Waals surface area (Å²) in [6.07, 6.45) is 4.32. The van der Waals surface area contributed by atoms with E-state index >= 15 is 0 Å². The fraction of sp³-hybridized carbons (Fsp3) is 0.571. The van der Waals surface area contributed by atoms with Crippen molar-refractivity contribution >= 4 is 23.2 Å². The Hall–Kier alpha value is -0.280. The molecule has 0 aliphatic carbocycles. The summed E-state index contributed by atoms with van der Waals surface area (Å²) in [7, 11) is 0. The minimum atomic E-state index is -0.427. The van der Waals surface area contributed by atoms with Crippen molar-refractivity contribution in [2.75, 3.05) is 6.61 Å². The topological polar surface area (TPSA) is 29.5 Å². The molecule has 4 heteroatoms. The van der Waals surface area contributed by atoms with Crippen LogP contribution in [0.4, 0.5) is 0 Å². The average molecular weight is 289 g/mol. The first-order valence-corrected chi connectivity index (χ1v) is 7.15. The molecule has 2 atom stereocenters. The van der Waals surface area contributed by atoms with E-state index in [1.54, 1.807) is 6.07 Å². The Bertz CT molecular complexity index is 389. The Morgan fingerprint density at radius 1 is 1.33 bits per heavy atom. The highest BCUT2D eigenvalue weighted by Crippen LogP contribution is 2.27. The van der Waals surface area contributed by atoms with Gasteiger partial charge >= 0.3 is 0 Å². The molecular weight excluding hydrogens is 271 g/mol. The smallest absolute Gasteiger partial charge is 0.0625 e. The minimum Gasteiger partial charge on any atom is -0.393 e. The molecule has 1 N–H and O–H groups in total. The number of ether oxygens (including phenoxy) is 1. The molecule has 0 spiro atoms.